The van der Waals surface area contributed by atoms with Crippen LogP contribution in [0, 0.1) is 11.8 Å². The van der Waals surface area contributed by atoms with Gasteiger partial charge in [0.05, 0.1) is 0 Å². The average molecular weight is 300 g/mol. The molecule has 1 unspecified atom stereocenters. The normalized spacial score (nSPS) is 23.3. The van der Waals surface area contributed by atoms with E-state index >= 15 is 0 Å². The first kappa shape index (κ1) is 13.7. The minimum absolute atomic E-state index is 0.0278. The van der Waals surface area contributed by atoms with E-state index in [1.165, 1.54) is 0 Å². The number of rotatable bonds is 2. The van der Waals surface area contributed by atoms with Crippen LogP contribution in [-0.4, -0.2) is 51.5 Å². The molecule has 1 atom stereocenters. The van der Waals surface area contributed by atoms with Gasteiger partial charge in [-0.1, -0.05) is 0 Å². The summed E-state index contributed by atoms with van der Waals surface area (Å²) in [4.78, 5) is 23.1. The summed E-state index contributed by atoms with van der Waals surface area (Å²) in [5, 5.41) is 0. The minimum Gasteiger partial charge on any atom is -0.381 e. The van der Waals surface area contributed by atoms with Crippen LogP contribution in [0.1, 0.15) is 29.8 Å². The highest BCUT2D eigenvalue weighted by atomic mass is 16.5. The van der Waals surface area contributed by atoms with Gasteiger partial charge < -0.3 is 9.64 Å². The van der Waals surface area contributed by atoms with Crippen molar-refractivity contribution in [1.29, 1.82) is 0 Å². The summed E-state index contributed by atoms with van der Waals surface area (Å²) in [6.07, 6.45) is 8.68. The number of nitrogens with zero attached hydrogens (tertiary/aromatic N) is 4. The summed E-state index contributed by atoms with van der Waals surface area (Å²) < 4.78 is 7.23. The van der Waals surface area contributed by atoms with Crippen LogP contribution < -0.4 is 0 Å². The number of fused-ring (bicyclic) bond motifs is 1. The van der Waals surface area contributed by atoms with Gasteiger partial charge in [0.15, 0.2) is 0 Å². The van der Waals surface area contributed by atoms with E-state index < -0.39 is 0 Å². The van der Waals surface area contributed by atoms with Crippen molar-refractivity contribution in [2.24, 2.45) is 11.8 Å². The molecule has 0 N–H and O–H groups in total. The van der Waals surface area contributed by atoms with E-state index in [1.54, 1.807) is 16.8 Å². The summed E-state index contributed by atoms with van der Waals surface area (Å²) in [5.74, 6) is 1.92. The Kier molecular flexibility index (Phi) is 3.54. The maximum atomic E-state index is 12.6. The van der Waals surface area contributed by atoms with Crippen molar-refractivity contribution in [1.82, 2.24) is 19.3 Å². The quantitative estimate of drug-likeness (QED) is 0.845. The van der Waals surface area contributed by atoms with Crippen molar-refractivity contribution in [2.75, 3.05) is 26.3 Å². The molecule has 116 valence electrons. The fraction of sp³-hybridized carbons (Fsp3) is 0.562. The predicted octanol–water partition coefficient (Wildman–Crippen LogP) is 1.62. The second-order valence-corrected chi connectivity index (χ2v) is 6.20. The molecule has 4 heterocycles. The van der Waals surface area contributed by atoms with Crippen LogP contribution in [0.3, 0.4) is 0 Å². The Morgan fingerprint density at radius 1 is 1.23 bits per heavy atom. The minimum atomic E-state index is 0.0278. The zero-order valence-corrected chi connectivity index (χ0v) is 12.5. The summed E-state index contributed by atoms with van der Waals surface area (Å²) in [5.41, 5.74) is 0.492. The highest BCUT2D eigenvalue weighted by molar-refractivity contribution is 5.93. The third-order valence-electron chi connectivity index (χ3n) is 4.90. The van der Waals surface area contributed by atoms with Crippen molar-refractivity contribution in [3.8, 4) is 0 Å². The van der Waals surface area contributed by atoms with Gasteiger partial charge >= 0.3 is 0 Å². The topological polar surface area (TPSA) is 59.7 Å². The first-order valence-corrected chi connectivity index (χ1v) is 7.98. The average Bonchev–Trinajstić information content (AvgIpc) is 3.22. The zero-order valence-electron chi connectivity index (χ0n) is 12.5. The lowest BCUT2D eigenvalue weighted by Crippen LogP contribution is -2.31. The molecule has 0 radical (unpaired) electrons. The van der Waals surface area contributed by atoms with E-state index in [0.29, 0.717) is 23.3 Å². The number of likely N-dealkylation sites (tertiary alicyclic amines) is 1. The van der Waals surface area contributed by atoms with Crippen LogP contribution in [0.2, 0.25) is 0 Å². The molecule has 6 heteroatoms. The standard InChI is InChI=1S/C16H20N4O2/c21-15(14-11-20-6-1-5-17-16(20)18-14)19-7-2-13(10-19)12-3-8-22-9-4-12/h1,5-6,11-13H,2-4,7-10H2. The number of ether oxygens (including phenoxy) is 1. The van der Waals surface area contributed by atoms with Crippen LogP contribution >= 0.6 is 0 Å². The second-order valence-electron chi connectivity index (χ2n) is 6.20. The third-order valence-corrected chi connectivity index (χ3v) is 4.90. The Balaban J connectivity index is 1.46. The SMILES string of the molecule is O=C(c1cn2cccnc2n1)N1CCC(C2CCOCC2)C1. The molecule has 22 heavy (non-hydrogen) atoms. The molecule has 2 saturated heterocycles. The van der Waals surface area contributed by atoms with E-state index in [9.17, 15) is 4.79 Å². The Bertz CT molecular complexity index is 645. The predicted molar refractivity (Wildman–Crippen MR) is 80.5 cm³/mol. The Hall–Kier alpha value is -1.95. The highest BCUT2D eigenvalue weighted by Crippen LogP contribution is 2.31. The van der Waals surface area contributed by atoms with Gasteiger partial charge in [0.2, 0.25) is 5.78 Å². The molecule has 2 aromatic heterocycles. The number of carbonyl (C=O) groups excluding carboxylic acids is 1. The molecule has 2 aliphatic heterocycles. The first-order chi connectivity index (χ1) is 10.8. The van der Waals surface area contributed by atoms with Gasteiger partial charge in [-0.15, -0.1) is 0 Å². The lowest BCUT2D eigenvalue weighted by Gasteiger charge is -2.27. The van der Waals surface area contributed by atoms with Gasteiger partial charge in [-0.3, -0.25) is 9.20 Å². The molecule has 0 aromatic carbocycles. The molecular formula is C16H20N4O2. The van der Waals surface area contributed by atoms with E-state index in [1.807, 2.05) is 17.2 Å². The van der Waals surface area contributed by atoms with Crippen molar-refractivity contribution in [3.05, 3.63) is 30.4 Å². The van der Waals surface area contributed by atoms with Crippen LogP contribution in [0.15, 0.2) is 24.7 Å². The molecule has 6 nitrogen and oxygen atoms in total. The van der Waals surface area contributed by atoms with Gasteiger partial charge in [0.25, 0.3) is 5.91 Å². The molecule has 0 saturated carbocycles. The summed E-state index contributed by atoms with van der Waals surface area (Å²) >= 11 is 0. The Morgan fingerprint density at radius 3 is 2.91 bits per heavy atom. The first-order valence-electron chi connectivity index (χ1n) is 7.98. The highest BCUT2D eigenvalue weighted by Gasteiger charge is 2.33. The van der Waals surface area contributed by atoms with E-state index in [2.05, 4.69) is 9.97 Å². The Morgan fingerprint density at radius 2 is 2.09 bits per heavy atom. The van der Waals surface area contributed by atoms with E-state index in [-0.39, 0.29) is 5.91 Å². The Labute approximate surface area is 129 Å². The van der Waals surface area contributed by atoms with Gasteiger partial charge in [-0.05, 0) is 37.2 Å². The van der Waals surface area contributed by atoms with Crippen molar-refractivity contribution in [3.63, 3.8) is 0 Å². The number of imidazole rings is 1. The van der Waals surface area contributed by atoms with Crippen LogP contribution in [0.4, 0.5) is 0 Å². The van der Waals surface area contributed by atoms with Crippen LogP contribution in [0.5, 0.6) is 0 Å². The lowest BCUT2D eigenvalue weighted by molar-refractivity contribution is 0.0471. The number of aromatic nitrogens is 3. The molecule has 2 aliphatic rings. The molecule has 2 aromatic rings. The van der Waals surface area contributed by atoms with Crippen molar-refractivity contribution in [2.45, 2.75) is 19.3 Å². The zero-order chi connectivity index (χ0) is 14.9. The smallest absolute Gasteiger partial charge is 0.274 e. The number of hydrogen-bond acceptors (Lipinski definition) is 4. The maximum Gasteiger partial charge on any atom is 0.274 e. The van der Waals surface area contributed by atoms with E-state index in [4.69, 9.17) is 4.74 Å². The van der Waals surface area contributed by atoms with Gasteiger partial charge in [0.1, 0.15) is 5.69 Å². The molecule has 0 spiro atoms. The fourth-order valence-corrected chi connectivity index (χ4v) is 3.64. The fourth-order valence-electron chi connectivity index (χ4n) is 3.64. The lowest BCUT2D eigenvalue weighted by atomic mass is 9.85. The van der Waals surface area contributed by atoms with Gasteiger partial charge in [0, 0.05) is 44.9 Å². The van der Waals surface area contributed by atoms with Gasteiger partial charge in [-0.2, -0.15) is 0 Å². The molecular weight excluding hydrogens is 280 g/mol. The summed E-state index contributed by atoms with van der Waals surface area (Å²) in [6, 6.07) is 1.83. The van der Waals surface area contributed by atoms with Gasteiger partial charge in [-0.25, -0.2) is 9.97 Å². The van der Waals surface area contributed by atoms with Crippen LogP contribution in [-0.2, 0) is 4.74 Å². The monoisotopic (exact) mass is 300 g/mol. The van der Waals surface area contributed by atoms with Crippen molar-refractivity contribution >= 4 is 11.7 Å². The van der Waals surface area contributed by atoms with E-state index in [0.717, 1.165) is 45.6 Å². The maximum absolute atomic E-state index is 12.6. The molecule has 1 amide bonds. The second kappa shape index (κ2) is 5.68. The molecule has 0 aliphatic carbocycles. The summed E-state index contributed by atoms with van der Waals surface area (Å²) in [7, 11) is 0. The number of carbonyl (C=O) groups is 1. The number of amides is 1. The molecule has 2 fully saturated rings. The third kappa shape index (κ3) is 2.47. The molecule has 0 bridgehead atoms. The van der Waals surface area contributed by atoms with Crippen molar-refractivity contribution < 1.29 is 9.53 Å². The van der Waals surface area contributed by atoms with Crippen LogP contribution in [0.25, 0.3) is 5.78 Å². The summed E-state index contributed by atoms with van der Waals surface area (Å²) in [6.45, 7) is 3.42. The molecule has 4 rings (SSSR count). The largest absolute Gasteiger partial charge is 0.381 e. The number of hydrogen-bond donors (Lipinski definition) is 0.